The summed E-state index contributed by atoms with van der Waals surface area (Å²) < 4.78 is 10.9. The number of rotatable bonds is 7. The molecule has 0 aromatic heterocycles. The Morgan fingerprint density at radius 2 is 1.88 bits per heavy atom. The minimum absolute atomic E-state index is 0.0532. The summed E-state index contributed by atoms with van der Waals surface area (Å²) in [7, 11) is 3.44. The molecule has 0 spiro atoms. The molecule has 2 atom stereocenters. The van der Waals surface area contributed by atoms with Crippen molar-refractivity contribution in [1.29, 1.82) is 0 Å². The van der Waals surface area contributed by atoms with Crippen molar-refractivity contribution >= 4 is 11.8 Å². The molecule has 3 aliphatic rings. The van der Waals surface area contributed by atoms with Crippen LogP contribution in [0.2, 0.25) is 0 Å². The van der Waals surface area contributed by atoms with Crippen molar-refractivity contribution in [2.24, 2.45) is 11.3 Å². The summed E-state index contributed by atoms with van der Waals surface area (Å²) in [6.07, 6.45) is 5.49. The van der Waals surface area contributed by atoms with Gasteiger partial charge in [-0.15, -0.1) is 0 Å². The van der Waals surface area contributed by atoms with E-state index in [1.165, 1.54) is 12.8 Å². The summed E-state index contributed by atoms with van der Waals surface area (Å²) in [4.78, 5) is 30.2. The van der Waals surface area contributed by atoms with Crippen molar-refractivity contribution in [3.8, 4) is 5.75 Å². The second-order valence-electron chi connectivity index (χ2n) is 9.68. The Kier molecular flexibility index (Phi) is 7.36. The maximum Gasteiger partial charge on any atom is 0.225 e. The van der Waals surface area contributed by atoms with Crippen LogP contribution in [-0.4, -0.2) is 75.2 Å². The third kappa shape index (κ3) is 5.09. The van der Waals surface area contributed by atoms with Gasteiger partial charge < -0.3 is 24.6 Å². The number of nitrogens with one attached hydrogen (secondary N) is 1. The first-order valence-electron chi connectivity index (χ1n) is 12.0. The highest BCUT2D eigenvalue weighted by molar-refractivity contribution is 5.85. The van der Waals surface area contributed by atoms with Crippen LogP contribution in [0.25, 0.3) is 0 Å². The molecule has 176 valence electrons. The van der Waals surface area contributed by atoms with Crippen LogP contribution in [0.3, 0.4) is 0 Å². The molecule has 3 fully saturated rings. The van der Waals surface area contributed by atoms with Crippen molar-refractivity contribution in [2.75, 3.05) is 53.6 Å². The maximum atomic E-state index is 13.5. The summed E-state index contributed by atoms with van der Waals surface area (Å²) in [5, 5.41) is 3.31. The minimum Gasteiger partial charge on any atom is -0.497 e. The lowest BCUT2D eigenvalue weighted by molar-refractivity contribution is -0.142. The van der Waals surface area contributed by atoms with E-state index in [0.29, 0.717) is 19.4 Å². The average molecular weight is 444 g/mol. The number of benzene rings is 1. The van der Waals surface area contributed by atoms with Gasteiger partial charge in [0.1, 0.15) is 5.75 Å². The molecule has 1 N–H and O–H groups in total. The zero-order chi connectivity index (χ0) is 22.6. The van der Waals surface area contributed by atoms with Gasteiger partial charge in [0.25, 0.3) is 0 Å². The molecule has 3 saturated heterocycles. The van der Waals surface area contributed by atoms with Crippen molar-refractivity contribution in [2.45, 2.75) is 44.6 Å². The molecule has 2 unspecified atom stereocenters. The fourth-order valence-corrected chi connectivity index (χ4v) is 5.59. The zero-order valence-corrected chi connectivity index (χ0v) is 19.5. The van der Waals surface area contributed by atoms with Gasteiger partial charge in [0, 0.05) is 45.2 Å². The van der Waals surface area contributed by atoms with Crippen molar-refractivity contribution < 1.29 is 19.1 Å². The predicted molar refractivity (Wildman–Crippen MR) is 122 cm³/mol. The fraction of sp³-hybridized carbons (Fsp3) is 0.680. The number of nitrogens with zero attached hydrogens (tertiary/aromatic N) is 2. The van der Waals surface area contributed by atoms with Gasteiger partial charge in [-0.25, -0.2) is 0 Å². The molecule has 0 aliphatic carbocycles. The van der Waals surface area contributed by atoms with Gasteiger partial charge in [0.05, 0.1) is 19.1 Å². The van der Waals surface area contributed by atoms with E-state index < -0.39 is 0 Å². The lowest BCUT2D eigenvalue weighted by Gasteiger charge is -2.42. The predicted octanol–water partition coefficient (Wildman–Crippen LogP) is 2.61. The molecule has 3 aliphatic heterocycles. The van der Waals surface area contributed by atoms with Crippen LogP contribution in [0.15, 0.2) is 24.3 Å². The number of carbonyl (C=O) groups is 2. The first-order valence-corrected chi connectivity index (χ1v) is 12.0. The summed E-state index contributed by atoms with van der Waals surface area (Å²) in [5.41, 5.74) is 1.05. The quantitative estimate of drug-likeness (QED) is 0.702. The number of piperidine rings is 1. The van der Waals surface area contributed by atoms with E-state index in [-0.39, 0.29) is 29.2 Å². The molecule has 3 heterocycles. The molecule has 7 heteroatoms. The minimum atomic E-state index is -0.258. The first-order chi connectivity index (χ1) is 15.5. The molecular weight excluding hydrogens is 406 g/mol. The van der Waals surface area contributed by atoms with E-state index in [1.54, 1.807) is 12.0 Å². The van der Waals surface area contributed by atoms with Crippen LogP contribution in [0, 0.1) is 11.3 Å². The van der Waals surface area contributed by atoms with Crippen molar-refractivity contribution in [3.63, 3.8) is 0 Å². The molecule has 1 aromatic carbocycles. The number of hydrogen-bond donors (Lipinski definition) is 1. The fourth-order valence-electron chi connectivity index (χ4n) is 5.59. The van der Waals surface area contributed by atoms with E-state index in [2.05, 4.69) is 10.2 Å². The molecule has 0 saturated carbocycles. The van der Waals surface area contributed by atoms with Gasteiger partial charge in [-0.05, 0) is 62.9 Å². The smallest absolute Gasteiger partial charge is 0.225 e. The Labute approximate surface area is 191 Å². The third-order valence-electron chi connectivity index (χ3n) is 7.60. The van der Waals surface area contributed by atoms with Gasteiger partial charge in [-0.2, -0.15) is 0 Å². The summed E-state index contributed by atoms with van der Waals surface area (Å²) in [6.45, 7) is 5.55. The lowest BCUT2D eigenvalue weighted by atomic mass is 9.78. The Hall–Kier alpha value is -2.12. The van der Waals surface area contributed by atoms with Crippen LogP contribution in [0.1, 0.15) is 50.1 Å². The van der Waals surface area contributed by atoms with Gasteiger partial charge in [-0.1, -0.05) is 12.1 Å². The molecular formula is C25H37N3O4. The zero-order valence-electron chi connectivity index (χ0n) is 19.5. The third-order valence-corrected chi connectivity index (χ3v) is 7.60. The number of methoxy groups -OCH3 is 1. The maximum absolute atomic E-state index is 13.5. The molecule has 4 rings (SSSR count). The van der Waals surface area contributed by atoms with Crippen LogP contribution < -0.4 is 10.1 Å². The van der Waals surface area contributed by atoms with Gasteiger partial charge in [-0.3, -0.25) is 9.59 Å². The monoisotopic (exact) mass is 443 g/mol. The molecule has 2 amide bonds. The highest BCUT2D eigenvalue weighted by Gasteiger charge is 2.41. The second-order valence-corrected chi connectivity index (χ2v) is 9.68. The SMILES string of the molecule is COc1ccc(C2C(C(=O)NCC3(CN4CCCC4)CCOCC3)CCC(=O)N2C)cc1. The summed E-state index contributed by atoms with van der Waals surface area (Å²) in [6, 6.07) is 7.46. The number of ether oxygens (including phenoxy) is 2. The summed E-state index contributed by atoms with van der Waals surface area (Å²) >= 11 is 0. The standard InChI is InChI=1S/C25H37N3O4/c1-27-22(29)10-9-21(23(27)19-5-7-20(31-2)8-6-19)24(30)26-17-25(11-15-32-16-12-25)18-28-13-3-4-14-28/h5-8,21,23H,3-4,9-18H2,1-2H3,(H,26,30). The summed E-state index contributed by atoms with van der Waals surface area (Å²) in [5.74, 6) is 0.653. The van der Waals surface area contributed by atoms with E-state index in [1.807, 2.05) is 31.3 Å². The molecule has 7 nitrogen and oxygen atoms in total. The molecule has 0 radical (unpaired) electrons. The molecule has 32 heavy (non-hydrogen) atoms. The second kappa shape index (κ2) is 10.2. The number of carbonyl (C=O) groups excluding carboxylic acids is 2. The molecule has 0 bridgehead atoms. The van der Waals surface area contributed by atoms with E-state index in [4.69, 9.17) is 9.47 Å². The average Bonchev–Trinajstić information content (AvgIpc) is 3.33. The highest BCUT2D eigenvalue weighted by Crippen LogP contribution is 2.37. The topological polar surface area (TPSA) is 71.1 Å². The number of likely N-dealkylation sites (tertiary alicyclic amines) is 2. The number of hydrogen-bond acceptors (Lipinski definition) is 5. The van der Waals surface area contributed by atoms with Gasteiger partial charge in [0.2, 0.25) is 11.8 Å². The van der Waals surface area contributed by atoms with Crippen LogP contribution in [0.5, 0.6) is 5.75 Å². The van der Waals surface area contributed by atoms with Crippen molar-refractivity contribution in [1.82, 2.24) is 15.1 Å². The Morgan fingerprint density at radius 3 is 2.53 bits per heavy atom. The van der Waals surface area contributed by atoms with Gasteiger partial charge in [0.15, 0.2) is 0 Å². The van der Waals surface area contributed by atoms with Crippen LogP contribution in [-0.2, 0) is 14.3 Å². The Morgan fingerprint density at radius 1 is 1.19 bits per heavy atom. The van der Waals surface area contributed by atoms with Gasteiger partial charge >= 0.3 is 0 Å². The van der Waals surface area contributed by atoms with Crippen molar-refractivity contribution in [3.05, 3.63) is 29.8 Å². The van der Waals surface area contributed by atoms with Crippen LogP contribution in [0.4, 0.5) is 0 Å². The Balaban J connectivity index is 1.47. The lowest BCUT2D eigenvalue weighted by Crippen LogP contribution is -2.51. The van der Waals surface area contributed by atoms with E-state index >= 15 is 0 Å². The van der Waals surface area contributed by atoms with E-state index in [9.17, 15) is 9.59 Å². The number of amides is 2. The largest absolute Gasteiger partial charge is 0.497 e. The van der Waals surface area contributed by atoms with Crippen LogP contribution >= 0.6 is 0 Å². The normalized spacial score (nSPS) is 26.2. The Bertz CT molecular complexity index is 785. The van der Waals surface area contributed by atoms with E-state index in [0.717, 1.165) is 57.0 Å². The highest BCUT2D eigenvalue weighted by atomic mass is 16.5. The molecule has 1 aromatic rings. The first kappa shape index (κ1) is 23.1.